The number of hydrogen-bond acceptors (Lipinski definition) is 7. The van der Waals surface area contributed by atoms with Gasteiger partial charge in [0.2, 0.25) is 0 Å². The molecule has 1 unspecified atom stereocenters. The van der Waals surface area contributed by atoms with Gasteiger partial charge in [0.25, 0.3) is 5.95 Å². The molecule has 56 heavy (non-hydrogen) atoms. The number of alkyl halides is 6. The van der Waals surface area contributed by atoms with Crippen molar-refractivity contribution in [2.75, 3.05) is 23.0 Å². The summed E-state index contributed by atoms with van der Waals surface area (Å²) in [6.07, 6.45) is -3.33. The van der Waals surface area contributed by atoms with Gasteiger partial charge >= 0.3 is 12.4 Å². The number of tetrazole rings is 1. The second-order valence-corrected chi connectivity index (χ2v) is 14.8. The first-order valence-corrected chi connectivity index (χ1v) is 18.7. The van der Waals surface area contributed by atoms with Crippen LogP contribution < -0.4 is 9.80 Å². The zero-order valence-electron chi connectivity index (χ0n) is 30.6. The van der Waals surface area contributed by atoms with Crippen molar-refractivity contribution < 1.29 is 39.9 Å². The predicted octanol–water partition coefficient (Wildman–Crippen LogP) is 9.66. The summed E-state index contributed by atoms with van der Waals surface area (Å²) >= 11 is 0. The van der Waals surface area contributed by atoms with E-state index >= 15 is 0 Å². The van der Waals surface area contributed by atoms with E-state index in [1.807, 2.05) is 30.3 Å². The molecule has 2 aromatic heterocycles. The van der Waals surface area contributed by atoms with E-state index in [1.165, 1.54) is 11.9 Å². The largest absolute Gasteiger partial charge is 0.416 e. The molecule has 8 nitrogen and oxygen atoms in total. The number of pyridine rings is 1. The number of aryl methyl sites for hydroxylation is 1. The molecule has 0 N–H and O–H groups in total. The Hall–Kier alpha value is -4.86. The van der Waals surface area contributed by atoms with Gasteiger partial charge in [-0.2, -0.15) is 31.1 Å². The van der Waals surface area contributed by atoms with Gasteiger partial charge < -0.3 is 14.5 Å². The number of hydrogen-bond donors (Lipinski definition) is 0. The van der Waals surface area contributed by atoms with Gasteiger partial charge in [-0.25, -0.2) is 13.8 Å². The Morgan fingerprint density at radius 2 is 1.50 bits per heavy atom. The van der Waals surface area contributed by atoms with Gasteiger partial charge in [-0.05, 0) is 90.6 Å². The molecule has 0 bridgehead atoms. The Bertz CT molecular complexity index is 2080. The van der Waals surface area contributed by atoms with Gasteiger partial charge in [0.05, 0.1) is 30.3 Å². The maximum atomic E-state index is 14.5. The number of aromatic nitrogens is 5. The molecule has 7 rings (SSSR count). The molecule has 1 atom stereocenters. The minimum Gasteiger partial charge on any atom is -0.377 e. The van der Waals surface area contributed by atoms with Gasteiger partial charge in [-0.3, -0.25) is 0 Å². The van der Waals surface area contributed by atoms with Gasteiger partial charge in [-0.1, -0.05) is 48.3 Å². The Labute approximate surface area is 318 Å². The summed E-state index contributed by atoms with van der Waals surface area (Å²) in [6.45, 7) is 1.27. The van der Waals surface area contributed by atoms with Crippen molar-refractivity contribution in [1.29, 1.82) is 0 Å². The molecule has 2 fully saturated rings. The van der Waals surface area contributed by atoms with E-state index in [4.69, 9.17) is 9.72 Å². The zero-order valence-corrected chi connectivity index (χ0v) is 30.6. The summed E-state index contributed by atoms with van der Waals surface area (Å²) < 4.78 is 118. The van der Waals surface area contributed by atoms with E-state index in [-0.39, 0.29) is 41.1 Å². The number of fused-ring (bicyclic) bond motifs is 1. The summed E-state index contributed by atoms with van der Waals surface area (Å²) in [5.74, 6) is -0.863. The minimum absolute atomic E-state index is 0.0566. The molecule has 0 radical (unpaired) electrons. The van der Waals surface area contributed by atoms with Crippen LogP contribution in [0.25, 0.3) is 10.9 Å². The van der Waals surface area contributed by atoms with Crippen LogP contribution in [0.3, 0.4) is 0 Å². The van der Waals surface area contributed by atoms with Crippen LogP contribution in [0.4, 0.5) is 46.9 Å². The maximum absolute atomic E-state index is 14.5. The molecule has 1 aliphatic heterocycles. The molecule has 5 aromatic rings. The Morgan fingerprint density at radius 1 is 0.804 bits per heavy atom. The van der Waals surface area contributed by atoms with E-state index in [0.29, 0.717) is 55.1 Å². The van der Waals surface area contributed by atoms with Crippen LogP contribution in [0.15, 0.2) is 66.7 Å². The summed E-state index contributed by atoms with van der Waals surface area (Å²) in [7, 11) is 1.47. The number of benzene rings is 3. The average Bonchev–Trinajstić information content (AvgIpc) is 3.83. The lowest BCUT2D eigenvalue weighted by Crippen LogP contribution is -2.39. The van der Waals surface area contributed by atoms with E-state index in [1.54, 1.807) is 6.07 Å². The van der Waals surface area contributed by atoms with Crippen molar-refractivity contribution in [2.45, 2.75) is 83.0 Å². The summed E-state index contributed by atoms with van der Waals surface area (Å²) in [4.78, 5) is 9.57. The van der Waals surface area contributed by atoms with Crippen LogP contribution in [-0.2, 0) is 43.8 Å². The molecule has 0 amide bonds. The highest BCUT2D eigenvalue weighted by atomic mass is 19.4. The highest BCUT2D eigenvalue weighted by Gasteiger charge is 2.38. The van der Waals surface area contributed by atoms with Crippen molar-refractivity contribution >= 4 is 22.7 Å². The first kappa shape index (κ1) is 39.4. The summed E-state index contributed by atoms with van der Waals surface area (Å²) in [5, 5.41) is 12.4. The molecule has 1 aliphatic carbocycles. The second-order valence-electron chi connectivity index (χ2n) is 14.8. The average molecular weight is 788 g/mol. The predicted molar refractivity (Wildman–Crippen MR) is 193 cm³/mol. The second kappa shape index (κ2) is 16.3. The van der Waals surface area contributed by atoms with E-state index in [9.17, 15) is 35.1 Å². The van der Waals surface area contributed by atoms with Crippen LogP contribution >= 0.6 is 0 Å². The fourth-order valence-electron chi connectivity index (χ4n) is 8.12. The van der Waals surface area contributed by atoms with Crippen molar-refractivity contribution in [2.24, 2.45) is 18.9 Å². The molecule has 3 heterocycles. The third-order valence-electron chi connectivity index (χ3n) is 10.9. The fourth-order valence-corrected chi connectivity index (χ4v) is 8.12. The number of halogens is 8. The lowest BCUT2D eigenvalue weighted by Gasteiger charge is -2.38. The third kappa shape index (κ3) is 9.22. The van der Waals surface area contributed by atoms with Gasteiger partial charge in [0.1, 0.15) is 5.82 Å². The topological polar surface area (TPSA) is 72.2 Å². The Balaban J connectivity index is 1.16. The number of rotatable bonds is 12. The third-order valence-corrected chi connectivity index (χ3v) is 10.9. The van der Waals surface area contributed by atoms with Crippen molar-refractivity contribution in [3.05, 3.63) is 106 Å². The Morgan fingerprint density at radius 3 is 2.16 bits per heavy atom. The normalized spacial score (nSPS) is 19.2. The summed E-state index contributed by atoms with van der Waals surface area (Å²) in [5.41, 5.74) is -1.35. The molecular weight excluding hydrogens is 746 g/mol. The highest BCUT2D eigenvalue weighted by molar-refractivity contribution is 5.82. The van der Waals surface area contributed by atoms with Crippen LogP contribution in [0.1, 0.15) is 72.8 Å². The molecule has 3 aromatic carbocycles. The lowest BCUT2D eigenvalue weighted by atomic mass is 9.77. The van der Waals surface area contributed by atoms with E-state index in [0.717, 1.165) is 67.4 Å². The molecule has 2 aliphatic rings. The first-order valence-electron chi connectivity index (χ1n) is 18.7. The number of ether oxygens (including phenoxy) is 1. The smallest absolute Gasteiger partial charge is 0.377 e. The molecule has 1 saturated heterocycles. The van der Waals surface area contributed by atoms with E-state index in [2.05, 4.69) is 20.3 Å². The van der Waals surface area contributed by atoms with Crippen molar-refractivity contribution in [3.8, 4) is 0 Å². The SMILES string of the molecule is Cn1nnc(N(Cc2cc(C(F)(F)F)cc(C(F)(F)F)c2)Cc2cc3cc(F)c(F)cc3nc2N2CCCC2C2CCC(CCOCc3ccccc3)CC2)n1. The van der Waals surface area contributed by atoms with Gasteiger partial charge in [-0.15, -0.1) is 5.10 Å². The molecule has 16 heteroatoms. The van der Waals surface area contributed by atoms with Crippen LogP contribution in [0, 0.1) is 23.5 Å². The molecule has 1 saturated carbocycles. The summed E-state index contributed by atoms with van der Waals surface area (Å²) in [6, 6.07) is 15.2. The Kier molecular flexibility index (Phi) is 11.5. The van der Waals surface area contributed by atoms with Crippen molar-refractivity contribution in [3.63, 3.8) is 0 Å². The first-order chi connectivity index (χ1) is 26.7. The van der Waals surface area contributed by atoms with Gasteiger partial charge in [0.15, 0.2) is 11.6 Å². The minimum atomic E-state index is -5.04. The standard InChI is InChI=1S/C40H41F8N7O/c1-53-51-38(50-52-53)54(22-27-16-31(39(43,44)45)20-32(17-27)40(46,47)48)23-30-18-29-19-33(41)34(42)21-35(29)49-37(30)55-14-5-8-36(55)28-11-9-25(10-12-28)13-15-56-24-26-6-3-2-4-7-26/h2-4,6-7,16-21,25,28,36H,5,8-15,22-24H2,1H3. The van der Waals surface area contributed by atoms with E-state index < -0.39 is 41.7 Å². The van der Waals surface area contributed by atoms with Crippen LogP contribution in [0.5, 0.6) is 0 Å². The van der Waals surface area contributed by atoms with Crippen LogP contribution in [0.2, 0.25) is 0 Å². The maximum Gasteiger partial charge on any atom is 0.416 e. The monoisotopic (exact) mass is 787 g/mol. The molecular formula is C40H41F8N7O. The lowest BCUT2D eigenvalue weighted by molar-refractivity contribution is -0.143. The quantitative estimate of drug-likeness (QED) is 0.0922. The van der Waals surface area contributed by atoms with Crippen LogP contribution in [-0.4, -0.2) is 44.4 Å². The van der Waals surface area contributed by atoms with Gasteiger partial charge in [0, 0.05) is 49.3 Å². The molecule has 0 spiro atoms. The highest BCUT2D eigenvalue weighted by Crippen LogP contribution is 2.41. The molecule has 298 valence electrons. The number of anilines is 2. The fraction of sp³-hybridized carbons (Fsp3) is 0.450. The zero-order chi connectivity index (χ0) is 39.6. The van der Waals surface area contributed by atoms with Crippen molar-refractivity contribution in [1.82, 2.24) is 25.2 Å². The number of nitrogens with zero attached hydrogens (tertiary/aromatic N) is 7.